The second-order valence-electron chi connectivity index (χ2n) is 10.5. The first-order chi connectivity index (χ1) is 19.8. The van der Waals surface area contributed by atoms with Gasteiger partial charge >= 0.3 is 18.1 Å². The summed E-state index contributed by atoms with van der Waals surface area (Å²) < 4.78 is 55.1. The first kappa shape index (κ1) is 35.3. The van der Waals surface area contributed by atoms with E-state index in [2.05, 4.69) is 0 Å². The summed E-state index contributed by atoms with van der Waals surface area (Å²) in [5, 5.41) is 39.7. The van der Waals surface area contributed by atoms with Crippen molar-refractivity contribution in [2.75, 3.05) is 19.8 Å². The molecule has 9 nitrogen and oxygen atoms in total. The van der Waals surface area contributed by atoms with Gasteiger partial charge in [-0.1, -0.05) is 24.3 Å². The monoisotopic (exact) mass is 602 g/mol. The Morgan fingerprint density at radius 1 is 1.07 bits per heavy atom. The highest BCUT2D eigenvalue weighted by Crippen LogP contribution is 2.36. The van der Waals surface area contributed by atoms with Gasteiger partial charge in [0.15, 0.2) is 6.10 Å². The lowest BCUT2D eigenvalue weighted by Crippen LogP contribution is -2.31. The Bertz CT molecular complexity index is 1040. The van der Waals surface area contributed by atoms with Crippen molar-refractivity contribution in [3.8, 4) is 5.75 Å². The molecular weight excluding hydrogens is 561 g/mol. The Balaban J connectivity index is 2.08. The third kappa shape index (κ3) is 11.7. The first-order valence-corrected chi connectivity index (χ1v) is 14.0. The Morgan fingerprint density at radius 2 is 1.79 bits per heavy atom. The minimum atomic E-state index is -4.58. The molecule has 0 heterocycles. The van der Waals surface area contributed by atoms with Gasteiger partial charge in [0.1, 0.15) is 18.3 Å². The van der Waals surface area contributed by atoms with Gasteiger partial charge < -0.3 is 34.6 Å². The van der Waals surface area contributed by atoms with Crippen molar-refractivity contribution in [3.63, 3.8) is 0 Å². The van der Waals surface area contributed by atoms with Gasteiger partial charge in [-0.2, -0.15) is 13.2 Å². The van der Waals surface area contributed by atoms with E-state index in [0.29, 0.717) is 19.3 Å². The number of carbonyl (C=O) groups is 2. The van der Waals surface area contributed by atoms with Crippen LogP contribution in [0.15, 0.2) is 48.6 Å². The van der Waals surface area contributed by atoms with E-state index in [1.807, 2.05) is 12.2 Å². The fourth-order valence-electron chi connectivity index (χ4n) is 4.54. The van der Waals surface area contributed by atoms with E-state index in [0.717, 1.165) is 12.1 Å². The third-order valence-electron chi connectivity index (χ3n) is 6.77. The van der Waals surface area contributed by atoms with Gasteiger partial charge in [0.2, 0.25) is 0 Å². The van der Waals surface area contributed by atoms with E-state index < -0.39 is 61.1 Å². The second-order valence-corrected chi connectivity index (χ2v) is 10.5. The van der Waals surface area contributed by atoms with Gasteiger partial charge in [-0.25, -0.2) is 0 Å². The smallest absolute Gasteiger partial charge is 0.416 e. The van der Waals surface area contributed by atoms with Crippen molar-refractivity contribution in [1.82, 2.24) is 0 Å². The molecule has 1 aliphatic carbocycles. The number of aliphatic hydroxyl groups excluding tert-OH is 4. The van der Waals surface area contributed by atoms with Gasteiger partial charge in [0, 0.05) is 18.8 Å². The molecule has 0 radical (unpaired) electrons. The summed E-state index contributed by atoms with van der Waals surface area (Å²) in [6.45, 7) is 1.81. The summed E-state index contributed by atoms with van der Waals surface area (Å²) in [6.07, 6.45) is 1.19. The van der Waals surface area contributed by atoms with Crippen LogP contribution in [0.5, 0.6) is 5.75 Å². The van der Waals surface area contributed by atoms with Crippen LogP contribution >= 0.6 is 0 Å². The molecule has 4 N–H and O–H groups in total. The molecule has 5 atom stereocenters. The summed E-state index contributed by atoms with van der Waals surface area (Å²) in [6, 6.07) is 4.18. The average molecular weight is 603 g/mol. The number of benzene rings is 1. The number of hydrogen-bond acceptors (Lipinski definition) is 9. The van der Waals surface area contributed by atoms with Crippen molar-refractivity contribution >= 4 is 11.9 Å². The molecular formula is C30H41F3O9. The largest absolute Gasteiger partial charge is 0.489 e. The lowest BCUT2D eigenvalue weighted by Gasteiger charge is -2.22. The maximum atomic E-state index is 13.1. The number of ether oxygens (including phenoxy) is 3. The number of unbranched alkanes of at least 4 members (excludes halogenated alkanes) is 1. The summed E-state index contributed by atoms with van der Waals surface area (Å²) in [5.41, 5.74) is -0.917. The molecule has 12 heteroatoms. The molecule has 1 aliphatic rings. The van der Waals surface area contributed by atoms with Crippen LogP contribution in [-0.2, 0) is 25.2 Å². The Labute approximate surface area is 243 Å². The van der Waals surface area contributed by atoms with Gasteiger partial charge in [0.05, 0.1) is 37.1 Å². The van der Waals surface area contributed by atoms with Gasteiger partial charge in [-0.15, -0.1) is 0 Å². The minimum absolute atomic E-state index is 0.114. The molecule has 0 aliphatic heterocycles. The molecule has 1 fully saturated rings. The van der Waals surface area contributed by atoms with E-state index in [1.165, 1.54) is 18.2 Å². The van der Waals surface area contributed by atoms with Crippen LogP contribution in [-0.4, -0.2) is 76.6 Å². The van der Waals surface area contributed by atoms with Crippen molar-refractivity contribution in [1.29, 1.82) is 0 Å². The molecule has 1 unspecified atom stereocenters. The van der Waals surface area contributed by atoms with E-state index in [1.54, 1.807) is 19.9 Å². The zero-order valence-corrected chi connectivity index (χ0v) is 23.8. The molecule has 0 aromatic heterocycles. The average Bonchev–Trinajstić information content (AvgIpc) is 3.19. The van der Waals surface area contributed by atoms with Crippen LogP contribution in [0.4, 0.5) is 13.2 Å². The second kappa shape index (κ2) is 17.3. The minimum Gasteiger partial charge on any atom is -0.489 e. The Kier molecular flexibility index (Phi) is 14.5. The fraction of sp³-hybridized carbons (Fsp3) is 0.600. The Hall–Kier alpha value is -2.93. The highest BCUT2D eigenvalue weighted by molar-refractivity contribution is 5.73. The van der Waals surface area contributed by atoms with Crippen LogP contribution < -0.4 is 4.74 Å². The topological polar surface area (TPSA) is 143 Å². The van der Waals surface area contributed by atoms with Crippen molar-refractivity contribution in [2.45, 2.75) is 76.5 Å². The molecule has 42 heavy (non-hydrogen) atoms. The lowest BCUT2D eigenvalue weighted by molar-refractivity contribution is -0.156. The molecule has 0 spiro atoms. The quantitative estimate of drug-likeness (QED) is 0.127. The summed E-state index contributed by atoms with van der Waals surface area (Å²) in [4.78, 5) is 24.0. The predicted molar refractivity (Wildman–Crippen MR) is 146 cm³/mol. The number of aliphatic hydroxyl groups is 4. The van der Waals surface area contributed by atoms with Crippen LogP contribution in [0.25, 0.3) is 0 Å². The number of carbonyl (C=O) groups excluding carboxylic acids is 2. The Morgan fingerprint density at radius 3 is 2.43 bits per heavy atom. The van der Waals surface area contributed by atoms with E-state index in [9.17, 15) is 43.2 Å². The van der Waals surface area contributed by atoms with E-state index in [-0.39, 0.29) is 43.2 Å². The number of hydrogen-bond donors (Lipinski definition) is 4. The zero-order chi connectivity index (χ0) is 31.3. The van der Waals surface area contributed by atoms with Crippen LogP contribution in [0.1, 0.15) is 51.5 Å². The first-order valence-electron chi connectivity index (χ1n) is 14.0. The number of halogens is 3. The standard InChI is InChI=1S/C30H41F3O9/c1-19(2)41-28(38)11-6-4-3-5-10-24-25(27(37)15-26(24)36)13-12-23(42-29(39)20(16-34)17-35)18-40-22-9-7-8-21(14-22)30(31,32)33/h3,5,7-9,12-14,19-20,23-27,34-37H,4,6,10-11,15-18H2,1-2H3/t23?,24-,25-,26+,27-/m1/s1. The molecule has 1 saturated carbocycles. The number of rotatable bonds is 16. The molecule has 0 amide bonds. The van der Waals surface area contributed by atoms with Gasteiger partial charge in [-0.05, 0) is 63.3 Å². The number of esters is 2. The van der Waals surface area contributed by atoms with Crippen molar-refractivity contribution < 1.29 is 57.4 Å². The van der Waals surface area contributed by atoms with Crippen molar-refractivity contribution in [3.05, 3.63) is 54.1 Å². The highest BCUT2D eigenvalue weighted by Gasteiger charge is 2.39. The summed E-state index contributed by atoms with van der Waals surface area (Å²) in [5.74, 6) is -3.45. The molecule has 1 aromatic carbocycles. The lowest BCUT2D eigenvalue weighted by atomic mass is 9.89. The fourth-order valence-corrected chi connectivity index (χ4v) is 4.54. The molecule has 2 rings (SSSR count). The number of allylic oxidation sites excluding steroid dienone is 2. The van der Waals surface area contributed by atoms with Crippen LogP contribution in [0, 0.1) is 17.8 Å². The maximum Gasteiger partial charge on any atom is 0.416 e. The normalized spacial score (nSPS) is 21.9. The van der Waals surface area contributed by atoms with Gasteiger partial charge in [0.25, 0.3) is 0 Å². The third-order valence-corrected chi connectivity index (χ3v) is 6.77. The molecule has 0 saturated heterocycles. The number of alkyl halides is 3. The van der Waals surface area contributed by atoms with Gasteiger partial charge in [-0.3, -0.25) is 9.59 Å². The summed E-state index contributed by atoms with van der Waals surface area (Å²) in [7, 11) is 0. The molecule has 236 valence electrons. The maximum absolute atomic E-state index is 13.1. The summed E-state index contributed by atoms with van der Waals surface area (Å²) >= 11 is 0. The van der Waals surface area contributed by atoms with Crippen molar-refractivity contribution in [2.24, 2.45) is 17.8 Å². The van der Waals surface area contributed by atoms with E-state index >= 15 is 0 Å². The van der Waals surface area contributed by atoms with E-state index in [4.69, 9.17) is 14.2 Å². The SMILES string of the molecule is CC(C)OC(=O)CCCC=CC[C@@H]1[C@@H](C=CC(COc2cccc(C(F)(F)F)c2)OC(=O)C(CO)CO)[C@H](O)C[C@@H]1O. The molecule has 0 bridgehead atoms. The highest BCUT2D eigenvalue weighted by atomic mass is 19.4. The van der Waals surface area contributed by atoms with Crippen LogP contribution in [0.2, 0.25) is 0 Å². The zero-order valence-electron chi connectivity index (χ0n) is 23.8. The van der Waals surface area contributed by atoms with Crippen LogP contribution in [0.3, 0.4) is 0 Å². The predicted octanol–water partition coefficient (Wildman–Crippen LogP) is 3.58. The molecule has 1 aromatic rings.